The first-order chi connectivity index (χ1) is 16.7. The molecule has 6 heteroatoms. The van der Waals surface area contributed by atoms with Crippen molar-refractivity contribution >= 4 is 28.1 Å². The molecule has 0 aliphatic heterocycles. The van der Waals surface area contributed by atoms with Crippen molar-refractivity contribution in [3.63, 3.8) is 0 Å². The molecule has 0 aliphatic rings. The number of carbonyl (C=O) groups is 1. The summed E-state index contributed by atoms with van der Waals surface area (Å²) in [5, 5.41) is 13.8. The molecule has 2 aromatic carbocycles. The quantitative estimate of drug-likeness (QED) is 0.495. The lowest BCUT2D eigenvalue weighted by Crippen LogP contribution is -2.14. The number of nitrogen functional groups attached to an aromatic ring is 1. The number of aliphatic hydroxyl groups excluding tert-OH is 1. The normalized spacial score (nSPS) is 17.0. The number of rotatable bonds is 9. The van der Waals surface area contributed by atoms with Crippen molar-refractivity contribution in [1.82, 2.24) is 4.98 Å². The zero-order chi connectivity index (χ0) is 26.8. The van der Waals surface area contributed by atoms with Gasteiger partial charge in [0.1, 0.15) is 0 Å². The Labute approximate surface area is 180 Å². The van der Waals surface area contributed by atoms with Crippen LogP contribution in [0.2, 0.25) is 0 Å². The van der Waals surface area contributed by atoms with Crippen LogP contribution in [0.25, 0.3) is 0 Å². The molecule has 146 valence electrons. The molecule has 0 radical (unpaired) electrons. The van der Waals surface area contributed by atoms with E-state index in [4.69, 9.17) is 16.7 Å². The highest BCUT2D eigenvalue weighted by molar-refractivity contribution is 7.13. The Morgan fingerprint density at radius 1 is 1.29 bits per heavy atom. The molecule has 0 saturated heterocycles. The van der Waals surface area contributed by atoms with Crippen molar-refractivity contribution in [3.8, 4) is 0 Å². The minimum atomic E-state index is -2.65. The van der Waals surface area contributed by atoms with Crippen LogP contribution in [0.4, 0.5) is 10.8 Å². The number of nitrogens with zero attached hydrogens (tertiary/aromatic N) is 1. The van der Waals surface area contributed by atoms with Gasteiger partial charge in [0.25, 0.3) is 0 Å². The minimum absolute atomic E-state index is 0.0563. The molecule has 28 heavy (non-hydrogen) atoms. The third-order valence-corrected chi connectivity index (χ3v) is 4.43. The van der Waals surface area contributed by atoms with E-state index in [0.29, 0.717) is 5.56 Å². The maximum Gasteiger partial charge on any atom is 0.230 e. The van der Waals surface area contributed by atoms with Crippen molar-refractivity contribution in [1.29, 1.82) is 0 Å². The Hall–Kier alpha value is -2.70. The van der Waals surface area contributed by atoms with Crippen LogP contribution in [0.1, 0.15) is 53.1 Å². The van der Waals surface area contributed by atoms with Crippen LogP contribution >= 0.6 is 11.3 Å². The maximum atomic E-state index is 12.6. The van der Waals surface area contributed by atoms with Gasteiger partial charge in [-0.1, -0.05) is 48.8 Å². The second kappa shape index (κ2) is 10.0. The summed E-state index contributed by atoms with van der Waals surface area (Å²) in [6.07, 6.45) is -5.95. The topological polar surface area (TPSA) is 88.2 Å². The van der Waals surface area contributed by atoms with E-state index in [0.717, 1.165) is 11.3 Å². The van der Waals surface area contributed by atoms with Crippen molar-refractivity contribution in [2.75, 3.05) is 11.1 Å². The molecule has 1 atom stereocenters. The minimum Gasteiger partial charge on any atom is -0.388 e. The van der Waals surface area contributed by atoms with Gasteiger partial charge in [-0.05, 0) is 42.4 Å². The number of thiazole rings is 1. The number of nitrogens with two attached hydrogens (primary N) is 1. The standard InChI is InChI=1S/C22H25N3O2S/c23-22-25-19(15-28-22)14-21(27)24-18-12-10-16(11-13-18)6-4-5-9-20(26)17-7-2-1-3-8-17/h1-3,7-8,10-13,15,20,26H,4-6,9,14H2,(H2,23,25)(H,24,27)/t20-/m0/s1/i4D2,10D,11D,12D,13D,14D2. The van der Waals surface area contributed by atoms with E-state index in [2.05, 4.69) is 10.3 Å². The van der Waals surface area contributed by atoms with Crippen molar-refractivity contribution in [3.05, 3.63) is 76.7 Å². The first kappa shape index (κ1) is 12.0. The highest BCUT2D eigenvalue weighted by Crippen LogP contribution is 2.20. The Morgan fingerprint density at radius 3 is 2.71 bits per heavy atom. The van der Waals surface area contributed by atoms with E-state index in [1.807, 2.05) is 0 Å². The molecule has 1 heterocycles. The fraction of sp³-hybridized carbons (Fsp3) is 0.273. The van der Waals surface area contributed by atoms with Gasteiger partial charge < -0.3 is 16.2 Å². The summed E-state index contributed by atoms with van der Waals surface area (Å²) in [5.74, 6) is -1.24. The second-order valence-electron chi connectivity index (χ2n) is 5.90. The van der Waals surface area contributed by atoms with E-state index in [-0.39, 0.29) is 29.2 Å². The van der Waals surface area contributed by atoms with Crippen LogP contribution in [0.15, 0.2) is 59.9 Å². The lowest BCUT2D eigenvalue weighted by Gasteiger charge is -2.10. The molecule has 0 saturated carbocycles. The SMILES string of the molecule is [2H]c1c([2H])c(NC(=O)C([2H])([2H])c2csc(N)n2)c([2H])c([2H])c1CC([2H])([2H])CC[C@H](O)c1ccccc1. The number of aromatic nitrogens is 1. The number of carbonyl (C=O) groups excluding carboxylic acids is 1. The van der Waals surface area contributed by atoms with Gasteiger partial charge in [0.05, 0.1) is 23.7 Å². The largest absolute Gasteiger partial charge is 0.388 e. The van der Waals surface area contributed by atoms with Gasteiger partial charge in [-0.2, -0.15) is 0 Å². The zero-order valence-electron chi connectivity index (χ0n) is 23.0. The summed E-state index contributed by atoms with van der Waals surface area (Å²) in [6.45, 7) is 0. The predicted molar refractivity (Wildman–Crippen MR) is 114 cm³/mol. The highest BCUT2D eigenvalue weighted by Gasteiger charge is 2.08. The molecular weight excluding hydrogens is 370 g/mol. The number of amides is 1. The van der Waals surface area contributed by atoms with Crippen molar-refractivity contribution < 1.29 is 20.9 Å². The molecule has 5 nitrogen and oxygen atoms in total. The number of aliphatic hydroxyl groups is 1. The summed E-state index contributed by atoms with van der Waals surface area (Å²) in [6, 6.07) is 6.41. The van der Waals surface area contributed by atoms with Crippen LogP contribution in [-0.2, 0) is 17.6 Å². The van der Waals surface area contributed by atoms with Crippen LogP contribution in [0.5, 0.6) is 0 Å². The summed E-state index contributed by atoms with van der Waals surface area (Å²) in [5.41, 5.74) is 5.19. The van der Waals surface area contributed by atoms with Gasteiger partial charge in [-0.3, -0.25) is 4.79 Å². The smallest absolute Gasteiger partial charge is 0.230 e. The average Bonchev–Trinajstić information content (AvgIpc) is 3.29. The summed E-state index contributed by atoms with van der Waals surface area (Å²) >= 11 is 0.939. The summed E-state index contributed by atoms with van der Waals surface area (Å²) in [4.78, 5) is 16.4. The van der Waals surface area contributed by atoms with Gasteiger partial charge in [-0.25, -0.2) is 4.98 Å². The number of benzene rings is 2. The van der Waals surface area contributed by atoms with Crippen LogP contribution in [0.3, 0.4) is 0 Å². The third kappa shape index (κ3) is 6.18. The predicted octanol–water partition coefficient (Wildman–Crippen LogP) is 4.35. The summed E-state index contributed by atoms with van der Waals surface area (Å²) < 4.78 is 65.8. The molecule has 1 aromatic heterocycles. The third-order valence-electron chi connectivity index (χ3n) is 3.76. The van der Waals surface area contributed by atoms with Gasteiger partial charge in [0.15, 0.2) is 5.13 Å². The molecule has 3 rings (SSSR count). The first-order valence-electron chi connectivity index (χ1n) is 12.6. The van der Waals surface area contributed by atoms with Gasteiger partial charge in [-0.15, -0.1) is 11.3 Å². The molecule has 0 spiro atoms. The lowest BCUT2D eigenvalue weighted by molar-refractivity contribution is -0.115. The van der Waals surface area contributed by atoms with Gasteiger partial charge in [0.2, 0.25) is 5.91 Å². The van der Waals surface area contributed by atoms with Crippen LogP contribution in [-0.4, -0.2) is 16.0 Å². The Balaban J connectivity index is 1.80. The van der Waals surface area contributed by atoms with E-state index in [1.54, 1.807) is 30.3 Å². The van der Waals surface area contributed by atoms with E-state index < -0.39 is 61.0 Å². The van der Waals surface area contributed by atoms with E-state index in [1.165, 1.54) is 5.38 Å². The second-order valence-corrected chi connectivity index (χ2v) is 6.79. The molecule has 0 unspecified atom stereocenters. The zero-order valence-corrected chi connectivity index (χ0v) is 15.8. The molecule has 0 aliphatic carbocycles. The molecule has 0 fully saturated rings. The van der Waals surface area contributed by atoms with Crippen LogP contribution in [0, 0.1) is 0 Å². The number of hydrogen-bond donors (Lipinski definition) is 3. The Morgan fingerprint density at radius 2 is 2.04 bits per heavy atom. The molecule has 3 aromatic rings. The average molecular weight is 404 g/mol. The Bertz CT molecular complexity index is 1220. The Kier molecular flexibility index (Phi) is 4.29. The highest BCUT2D eigenvalue weighted by atomic mass is 32.1. The van der Waals surface area contributed by atoms with Gasteiger partial charge in [0, 0.05) is 16.6 Å². The van der Waals surface area contributed by atoms with E-state index >= 15 is 0 Å². The molecule has 1 amide bonds. The molecule has 0 bridgehead atoms. The summed E-state index contributed by atoms with van der Waals surface area (Å²) in [7, 11) is 0. The fourth-order valence-corrected chi connectivity index (χ4v) is 2.88. The number of anilines is 2. The van der Waals surface area contributed by atoms with Crippen LogP contribution < -0.4 is 11.1 Å². The number of hydrogen-bond acceptors (Lipinski definition) is 5. The van der Waals surface area contributed by atoms with E-state index in [9.17, 15) is 9.90 Å². The maximum absolute atomic E-state index is 12.6. The first-order valence-corrected chi connectivity index (χ1v) is 9.47. The fourth-order valence-electron chi connectivity index (χ4n) is 2.39. The number of nitrogens with one attached hydrogen (secondary N) is 1. The van der Waals surface area contributed by atoms with Crippen molar-refractivity contribution in [2.24, 2.45) is 0 Å². The monoisotopic (exact) mass is 403 g/mol. The lowest BCUT2D eigenvalue weighted by atomic mass is 10.0. The van der Waals surface area contributed by atoms with Gasteiger partial charge >= 0.3 is 0 Å². The molecule has 4 N–H and O–H groups in total. The van der Waals surface area contributed by atoms with Crippen molar-refractivity contribution in [2.45, 2.75) is 38.1 Å². The molecular formula is C22H25N3O2S.